The Kier molecular flexibility index (Phi) is 5.42. The highest BCUT2D eigenvalue weighted by molar-refractivity contribution is 9.10. The fourth-order valence-electron chi connectivity index (χ4n) is 2.80. The minimum absolute atomic E-state index is 0.282. The second kappa shape index (κ2) is 7.74. The highest BCUT2D eigenvalue weighted by Gasteiger charge is 2.16. The van der Waals surface area contributed by atoms with Crippen LogP contribution in [0.2, 0.25) is 0 Å². The topological polar surface area (TPSA) is 53.4 Å². The number of pyridine rings is 1. The SMILES string of the molecule is CCOC(=O)c1cccc(-n2c(C)ccc2-c2cc(Br)ccc2OC)n1. The summed E-state index contributed by atoms with van der Waals surface area (Å²) in [5.74, 6) is 0.977. The number of carbonyl (C=O) groups is 1. The Bertz CT molecular complexity index is 950. The van der Waals surface area contributed by atoms with Crippen molar-refractivity contribution < 1.29 is 14.3 Å². The molecule has 0 unspecified atom stereocenters. The molecule has 0 aliphatic carbocycles. The van der Waals surface area contributed by atoms with Gasteiger partial charge in [0.2, 0.25) is 0 Å². The molecule has 134 valence electrons. The summed E-state index contributed by atoms with van der Waals surface area (Å²) in [6, 6.07) is 15.2. The second-order valence-corrected chi connectivity index (χ2v) is 6.56. The number of carbonyl (C=O) groups excluding carboxylic acids is 1. The number of halogens is 1. The summed E-state index contributed by atoms with van der Waals surface area (Å²) in [6.07, 6.45) is 0. The van der Waals surface area contributed by atoms with E-state index in [1.54, 1.807) is 26.2 Å². The Labute approximate surface area is 160 Å². The zero-order valence-corrected chi connectivity index (χ0v) is 16.4. The van der Waals surface area contributed by atoms with Crippen molar-refractivity contribution in [1.29, 1.82) is 0 Å². The molecule has 0 saturated heterocycles. The summed E-state index contributed by atoms with van der Waals surface area (Å²) in [4.78, 5) is 16.5. The molecule has 0 N–H and O–H groups in total. The molecule has 1 aromatic carbocycles. The van der Waals surface area contributed by atoms with E-state index in [0.29, 0.717) is 12.4 Å². The number of hydrogen-bond donors (Lipinski definition) is 0. The lowest BCUT2D eigenvalue weighted by Gasteiger charge is -2.14. The number of ether oxygens (including phenoxy) is 2. The van der Waals surface area contributed by atoms with E-state index < -0.39 is 5.97 Å². The number of rotatable bonds is 5. The lowest BCUT2D eigenvalue weighted by Crippen LogP contribution is -2.10. The minimum Gasteiger partial charge on any atom is -0.496 e. The molecule has 3 rings (SSSR count). The molecule has 26 heavy (non-hydrogen) atoms. The quantitative estimate of drug-likeness (QED) is 0.562. The van der Waals surface area contributed by atoms with E-state index in [9.17, 15) is 4.79 Å². The number of nitrogens with zero attached hydrogens (tertiary/aromatic N) is 2. The Morgan fingerprint density at radius 2 is 2.00 bits per heavy atom. The number of aromatic nitrogens is 2. The van der Waals surface area contributed by atoms with Crippen LogP contribution in [0.3, 0.4) is 0 Å². The van der Waals surface area contributed by atoms with Crippen LogP contribution < -0.4 is 4.74 Å². The third kappa shape index (κ3) is 3.51. The van der Waals surface area contributed by atoms with E-state index in [-0.39, 0.29) is 5.69 Å². The minimum atomic E-state index is -0.430. The van der Waals surface area contributed by atoms with E-state index in [0.717, 1.165) is 27.2 Å². The van der Waals surface area contributed by atoms with Crippen LogP contribution in [0.25, 0.3) is 17.1 Å². The summed E-state index contributed by atoms with van der Waals surface area (Å²) >= 11 is 3.52. The molecule has 2 heterocycles. The van der Waals surface area contributed by atoms with Gasteiger partial charge in [0.25, 0.3) is 0 Å². The van der Waals surface area contributed by atoms with E-state index in [4.69, 9.17) is 9.47 Å². The van der Waals surface area contributed by atoms with Gasteiger partial charge in [0.15, 0.2) is 5.69 Å². The molecule has 0 aliphatic heterocycles. The van der Waals surface area contributed by atoms with Crippen molar-refractivity contribution in [3.8, 4) is 22.8 Å². The maximum Gasteiger partial charge on any atom is 0.356 e. The predicted octanol–water partition coefficient (Wildman–Crippen LogP) is 4.80. The Morgan fingerprint density at radius 3 is 2.73 bits per heavy atom. The van der Waals surface area contributed by atoms with Gasteiger partial charge in [-0.2, -0.15) is 0 Å². The van der Waals surface area contributed by atoms with Gasteiger partial charge in [0, 0.05) is 15.7 Å². The molecule has 0 fully saturated rings. The molecule has 6 heteroatoms. The summed E-state index contributed by atoms with van der Waals surface area (Å²) in [6.45, 7) is 4.08. The number of benzene rings is 1. The van der Waals surface area contributed by atoms with Crippen LogP contribution in [0.15, 0.2) is 53.0 Å². The van der Waals surface area contributed by atoms with E-state index >= 15 is 0 Å². The molecule has 0 atom stereocenters. The van der Waals surface area contributed by atoms with Gasteiger partial charge in [-0.25, -0.2) is 9.78 Å². The highest BCUT2D eigenvalue weighted by Crippen LogP contribution is 2.35. The first-order valence-electron chi connectivity index (χ1n) is 8.22. The van der Waals surface area contributed by atoms with Gasteiger partial charge in [-0.3, -0.25) is 4.57 Å². The Morgan fingerprint density at radius 1 is 1.19 bits per heavy atom. The van der Waals surface area contributed by atoms with Gasteiger partial charge >= 0.3 is 5.97 Å². The van der Waals surface area contributed by atoms with E-state index in [2.05, 4.69) is 20.9 Å². The molecule has 0 spiro atoms. The molecule has 0 saturated carbocycles. The first-order chi connectivity index (χ1) is 12.5. The smallest absolute Gasteiger partial charge is 0.356 e. The normalized spacial score (nSPS) is 10.6. The largest absolute Gasteiger partial charge is 0.496 e. The Hall–Kier alpha value is -2.60. The van der Waals surface area contributed by atoms with Gasteiger partial charge in [-0.05, 0) is 56.3 Å². The third-order valence-electron chi connectivity index (χ3n) is 3.96. The molecule has 3 aromatic rings. The monoisotopic (exact) mass is 414 g/mol. The van der Waals surface area contributed by atoms with Crippen LogP contribution in [-0.4, -0.2) is 29.2 Å². The van der Waals surface area contributed by atoms with E-state index in [1.807, 2.05) is 47.9 Å². The fraction of sp³-hybridized carbons (Fsp3) is 0.200. The average Bonchev–Trinajstić information content (AvgIpc) is 3.03. The summed E-state index contributed by atoms with van der Waals surface area (Å²) < 4.78 is 13.5. The van der Waals surface area contributed by atoms with Crippen LogP contribution in [0.5, 0.6) is 5.75 Å². The van der Waals surface area contributed by atoms with Crippen LogP contribution in [-0.2, 0) is 4.74 Å². The average molecular weight is 415 g/mol. The highest BCUT2D eigenvalue weighted by atomic mass is 79.9. The zero-order valence-electron chi connectivity index (χ0n) is 14.8. The standard InChI is InChI=1S/C20H19BrN2O3/c1-4-26-20(24)16-6-5-7-19(22-16)23-13(2)8-10-17(23)15-12-14(21)9-11-18(15)25-3/h5-12H,4H2,1-3H3. The third-order valence-corrected chi connectivity index (χ3v) is 4.45. The van der Waals surface area contributed by atoms with E-state index in [1.165, 1.54) is 0 Å². The molecule has 5 nitrogen and oxygen atoms in total. The zero-order chi connectivity index (χ0) is 18.7. The van der Waals surface area contributed by atoms with Crippen LogP contribution in [0.1, 0.15) is 23.1 Å². The van der Waals surface area contributed by atoms with Crippen LogP contribution in [0, 0.1) is 6.92 Å². The summed E-state index contributed by atoms with van der Waals surface area (Å²) in [5.41, 5.74) is 3.13. The van der Waals surface area contributed by atoms with Gasteiger partial charge in [-0.15, -0.1) is 0 Å². The lowest BCUT2D eigenvalue weighted by atomic mass is 10.1. The first-order valence-corrected chi connectivity index (χ1v) is 9.01. The van der Waals surface area contributed by atoms with Gasteiger partial charge in [0.1, 0.15) is 11.6 Å². The number of esters is 1. The summed E-state index contributed by atoms with van der Waals surface area (Å²) in [5, 5.41) is 0. The fourth-order valence-corrected chi connectivity index (χ4v) is 3.16. The van der Waals surface area contributed by atoms with Gasteiger partial charge in [-0.1, -0.05) is 22.0 Å². The molecule has 2 aromatic heterocycles. The molecular formula is C20H19BrN2O3. The van der Waals surface area contributed by atoms with Crippen molar-refractivity contribution in [1.82, 2.24) is 9.55 Å². The number of aryl methyl sites for hydroxylation is 1. The number of methoxy groups -OCH3 is 1. The molecule has 0 aliphatic rings. The van der Waals surface area contributed by atoms with Gasteiger partial charge in [0.05, 0.1) is 19.4 Å². The maximum atomic E-state index is 12.0. The van der Waals surface area contributed by atoms with Gasteiger partial charge < -0.3 is 9.47 Å². The molecule has 0 bridgehead atoms. The number of hydrogen-bond acceptors (Lipinski definition) is 4. The van der Waals surface area contributed by atoms with Crippen LogP contribution in [0.4, 0.5) is 0 Å². The summed E-state index contributed by atoms with van der Waals surface area (Å²) in [7, 11) is 1.65. The van der Waals surface area contributed by atoms with Crippen molar-refractivity contribution in [2.75, 3.05) is 13.7 Å². The van der Waals surface area contributed by atoms with Crippen molar-refractivity contribution in [3.63, 3.8) is 0 Å². The lowest BCUT2D eigenvalue weighted by molar-refractivity contribution is 0.0519. The van der Waals surface area contributed by atoms with Crippen molar-refractivity contribution in [2.24, 2.45) is 0 Å². The van der Waals surface area contributed by atoms with Crippen molar-refractivity contribution in [2.45, 2.75) is 13.8 Å². The predicted molar refractivity (Wildman–Crippen MR) is 104 cm³/mol. The van der Waals surface area contributed by atoms with Crippen LogP contribution >= 0.6 is 15.9 Å². The molecular weight excluding hydrogens is 396 g/mol. The Balaban J connectivity index is 2.14. The maximum absolute atomic E-state index is 12.0. The first kappa shape index (κ1) is 18.2. The second-order valence-electron chi connectivity index (χ2n) is 5.64. The van der Waals surface area contributed by atoms with Crippen molar-refractivity contribution in [3.05, 3.63) is 64.4 Å². The molecule has 0 radical (unpaired) electrons. The molecule has 0 amide bonds. The van der Waals surface area contributed by atoms with Crippen molar-refractivity contribution >= 4 is 21.9 Å².